The van der Waals surface area contributed by atoms with Gasteiger partial charge in [0.1, 0.15) is 22.3 Å². The highest BCUT2D eigenvalue weighted by molar-refractivity contribution is 7.85. The van der Waals surface area contributed by atoms with E-state index in [0.717, 1.165) is 48.4 Å². The standard InChI is InChI=1S/C24H26N6O3S2/c25-22(31)33-14-24(9-3-10-24)29-20-19-17(8-13-35(19)32)27-23(28-20)30-11-6-15(7-12-30)21-26-16-4-1-2-5-18(16)34-21/h1-2,4-6H,3,7-14H2,(H2,25,31)(H,27,28,29). The Hall–Kier alpha value is -3.05. The number of hydrogen-bond acceptors (Lipinski definition) is 9. The van der Waals surface area contributed by atoms with E-state index in [1.165, 1.54) is 10.3 Å². The van der Waals surface area contributed by atoms with Gasteiger partial charge in [-0.3, -0.25) is 4.21 Å². The maximum absolute atomic E-state index is 12.8. The number of hydrogen-bond donors (Lipinski definition) is 2. The molecule has 0 spiro atoms. The molecule has 4 heterocycles. The number of para-hydroxylation sites is 1. The van der Waals surface area contributed by atoms with Gasteiger partial charge in [-0.25, -0.2) is 14.8 Å². The second-order valence-electron chi connectivity index (χ2n) is 9.23. The molecular weight excluding hydrogens is 484 g/mol. The fourth-order valence-electron chi connectivity index (χ4n) is 4.83. The number of primary amides is 1. The third kappa shape index (κ3) is 4.27. The molecular formula is C24H26N6O3S2. The van der Waals surface area contributed by atoms with Gasteiger partial charge in [0.05, 0.1) is 32.2 Å². The van der Waals surface area contributed by atoms with Crippen molar-refractivity contribution in [1.82, 2.24) is 15.0 Å². The van der Waals surface area contributed by atoms with E-state index in [0.29, 0.717) is 35.4 Å². The Morgan fingerprint density at radius 1 is 1.23 bits per heavy atom. The lowest BCUT2D eigenvalue weighted by Gasteiger charge is -2.42. The average Bonchev–Trinajstić information content (AvgIpc) is 3.44. The summed E-state index contributed by atoms with van der Waals surface area (Å²) in [6, 6.07) is 8.21. The Morgan fingerprint density at radius 3 is 2.80 bits per heavy atom. The molecule has 1 atom stereocenters. The van der Waals surface area contributed by atoms with Crippen LogP contribution in [-0.2, 0) is 22.0 Å². The molecule has 6 rings (SSSR count). The van der Waals surface area contributed by atoms with Crippen molar-refractivity contribution in [3.63, 3.8) is 0 Å². The molecule has 1 amide bonds. The average molecular weight is 511 g/mol. The molecule has 0 saturated heterocycles. The lowest BCUT2D eigenvalue weighted by molar-refractivity contribution is 0.101. The van der Waals surface area contributed by atoms with Gasteiger partial charge in [-0.2, -0.15) is 4.98 Å². The summed E-state index contributed by atoms with van der Waals surface area (Å²) in [5.74, 6) is 1.78. The molecule has 1 saturated carbocycles. The largest absolute Gasteiger partial charge is 0.447 e. The monoisotopic (exact) mass is 510 g/mol. The van der Waals surface area contributed by atoms with E-state index < -0.39 is 22.4 Å². The number of ether oxygens (including phenoxy) is 1. The van der Waals surface area contributed by atoms with E-state index >= 15 is 0 Å². The zero-order valence-corrected chi connectivity index (χ0v) is 20.8. The van der Waals surface area contributed by atoms with E-state index in [9.17, 15) is 9.00 Å². The number of nitrogens with one attached hydrogen (secondary N) is 1. The first-order chi connectivity index (χ1) is 17.0. The number of aromatic nitrogens is 3. The van der Waals surface area contributed by atoms with Crippen LogP contribution in [0.2, 0.25) is 0 Å². The summed E-state index contributed by atoms with van der Waals surface area (Å²) >= 11 is 1.72. The highest BCUT2D eigenvalue weighted by Crippen LogP contribution is 2.39. The van der Waals surface area contributed by atoms with E-state index in [1.807, 2.05) is 18.2 Å². The zero-order chi connectivity index (χ0) is 24.0. The third-order valence-corrected chi connectivity index (χ3v) is 9.49. The SMILES string of the molecule is NC(=O)OCC1(Nc2nc(N3CC=C(c4nc5ccccc5s4)CC3)nc3c2S(=O)CC3)CCC1. The topological polar surface area (TPSA) is 123 Å². The Labute approximate surface area is 209 Å². The maximum Gasteiger partial charge on any atom is 0.404 e. The van der Waals surface area contributed by atoms with Crippen LogP contribution in [0.4, 0.5) is 16.6 Å². The number of aryl methyl sites for hydroxylation is 1. The number of fused-ring (bicyclic) bond motifs is 2. The molecule has 1 unspecified atom stereocenters. The first-order valence-corrected chi connectivity index (χ1v) is 13.9. The molecule has 11 heteroatoms. The lowest BCUT2D eigenvalue weighted by atomic mass is 9.77. The van der Waals surface area contributed by atoms with Crippen LogP contribution in [0.3, 0.4) is 0 Å². The zero-order valence-electron chi connectivity index (χ0n) is 19.2. The van der Waals surface area contributed by atoms with Crippen molar-refractivity contribution in [2.75, 3.05) is 35.7 Å². The highest BCUT2D eigenvalue weighted by Gasteiger charge is 2.40. The quantitative estimate of drug-likeness (QED) is 0.517. The minimum Gasteiger partial charge on any atom is -0.447 e. The highest BCUT2D eigenvalue weighted by atomic mass is 32.2. The van der Waals surface area contributed by atoms with Crippen LogP contribution < -0.4 is 16.0 Å². The minimum absolute atomic E-state index is 0.168. The van der Waals surface area contributed by atoms with Crippen molar-refractivity contribution in [3.8, 4) is 0 Å². The predicted molar refractivity (Wildman–Crippen MR) is 137 cm³/mol. The molecule has 3 aliphatic rings. The number of carbonyl (C=O) groups is 1. The fraction of sp³-hybridized carbons (Fsp3) is 0.417. The van der Waals surface area contributed by atoms with Crippen molar-refractivity contribution in [1.29, 1.82) is 0 Å². The van der Waals surface area contributed by atoms with Gasteiger partial charge in [-0.1, -0.05) is 18.2 Å². The van der Waals surface area contributed by atoms with Gasteiger partial charge in [-0.05, 0) is 43.4 Å². The van der Waals surface area contributed by atoms with Crippen LogP contribution in [0, 0.1) is 0 Å². The second kappa shape index (κ2) is 8.87. The number of nitrogens with two attached hydrogens (primary N) is 1. The number of thiazole rings is 1. The summed E-state index contributed by atoms with van der Waals surface area (Å²) in [4.78, 5) is 28.5. The number of benzene rings is 1. The van der Waals surface area contributed by atoms with Crippen LogP contribution in [0.25, 0.3) is 15.8 Å². The van der Waals surface area contributed by atoms with E-state index in [4.69, 9.17) is 25.4 Å². The number of rotatable bonds is 6. The molecule has 9 nitrogen and oxygen atoms in total. The number of nitrogens with zero attached hydrogens (tertiary/aromatic N) is 4. The summed E-state index contributed by atoms with van der Waals surface area (Å²) in [6.45, 7) is 1.63. The van der Waals surface area contributed by atoms with E-state index in [1.54, 1.807) is 11.3 Å². The number of anilines is 2. The summed E-state index contributed by atoms with van der Waals surface area (Å²) in [7, 11) is -1.14. The van der Waals surface area contributed by atoms with Crippen LogP contribution in [0.15, 0.2) is 35.2 Å². The molecule has 3 N–H and O–H groups in total. The predicted octanol–water partition coefficient (Wildman–Crippen LogP) is 3.47. The molecule has 1 aromatic carbocycles. The Kier molecular flexibility index (Phi) is 5.68. The van der Waals surface area contributed by atoms with Gasteiger partial charge in [0.2, 0.25) is 5.95 Å². The molecule has 2 aliphatic heterocycles. The van der Waals surface area contributed by atoms with Crippen molar-refractivity contribution in [3.05, 3.63) is 41.0 Å². The van der Waals surface area contributed by atoms with Gasteiger partial charge >= 0.3 is 6.09 Å². The number of amides is 1. The summed E-state index contributed by atoms with van der Waals surface area (Å²) in [6.07, 6.45) is 5.61. The summed E-state index contributed by atoms with van der Waals surface area (Å²) in [5, 5.41) is 4.55. The van der Waals surface area contributed by atoms with Crippen LogP contribution in [0.5, 0.6) is 0 Å². The van der Waals surface area contributed by atoms with Gasteiger partial charge in [-0.15, -0.1) is 11.3 Å². The van der Waals surface area contributed by atoms with Crippen LogP contribution in [-0.4, -0.2) is 56.2 Å². The summed E-state index contributed by atoms with van der Waals surface area (Å²) < 4.78 is 19.1. The normalized spacial score (nSPS) is 20.7. The molecule has 182 valence electrons. The second-order valence-corrected chi connectivity index (χ2v) is 11.8. The van der Waals surface area contributed by atoms with Gasteiger partial charge < -0.3 is 20.7 Å². The minimum atomic E-state index is -1.14. The third-order valence-electron chi connectivity index (χ3n) is 6.92. The van der Waals surface area contributed by atoms with Crippen molar-refractivity contribution >= 4 is 55.8 Å². The molecule has 1 aliphatic carbocycles. The first-order valence-electron chi connectivity index (χ1n) is 11.8. The first kappa shape index (κ1) is 22.4. The van der Waals surface area contributed by atoms with Gasteiger partial charge in [0, 0.05) is 25.3 Å². The number of carbonyl (C=O) groups excluding carboxylic acids is 1. The Bertz CT molecular complexity index is 1330. The molecule has 0 radical (unpaired) electrons. The maximum atomic E-state index is 12.8. The lowest BCUT2D eigenvalue weighted by Crippen LogP contribution is -2.50. The molecule has 3 aromatic rings. The van der Waals surface area contributed by atoms with Crippen molar-refractivity contribution < 1.29 is 13.7 Å². The van der Waals surface area contributed by atoms with Crippen molar-refractivity contribution in [2.45, 2.75) is 42.5 Å². The van der Waals surface area contributed by atoms with Crippen LogP contribution in [0.1, 0.15) is 36.4 Å². The molecule has 2 aromatic heterocycles. The molecule has 1 fully saturated rings. The van der Waals surface area contributed by atoms with E-state index in [-0.39, 0.29) is 6.61 Å². The molecule has 0 bridgehead atoms. The Morgan fingerprint density at radius 2 is 2.09 bits per heavy atom. The van der Waals surface area contributed by atoms with Gasteiger partial charge in [0.25, 0.3) is 0 Å². The smallest absolute Gasteiger partial charge is 0.404 e. The fourth-order valence-corrected chi connectivity index (χ4v) is 7.17. The Balaban J connectivity index is 1.26. The van der Waals surface area contributed by atoms with Crippen molar-refractivity contribution in [2.24, 2.45) is 5.73 Å². The van der Waals surface area contributed by atoms with E-state index in [2.05, 4.69) is 22.4 Å². The van der Waals surface area contributed by atoms with Gasteiger partial charge in [0.15, 0.2) is 0 Å². The van der Waals surface area contributed by atoms with Crippen LogP contribution >= 0.6 is 11.3 Å². The molecule has 35 heavy (non-hydrogen) atoms. The summed E-state index contributed by atoms with van der Waals surface area (Å²) in [5.41, 5.74) is 7.89.